The molecule has 1 unspecified atom stereocenters. The van der Waals surface area contributed by atoms with Crippen molar-refractivity contribution in [1.82, 2.24) is 4.98 Å². The van der Waals surface area contributed by atoms with Gasteiger partial charge >= 0.3 is 5.97 Å². The number of carboxylic acids is 1. The van der Waals surface area contributed by atoms with Gasteiger partial charge in [-0.3, -0.25) is 4.79 Å². The summed E-state index contributed by atoms with van der Waals surface area (Å²) in [5, 5.41) is 12.9. The summed E-state index contributed by atoms with van der Waals surface area (Å²) < 4.78 is 20.0. The van der Waals surface area contributed by atoms with Crippen molar-refractivity contribution < 1.29 is 18.7 Å². The molecular formula is C19H16ClFN2O4S. The number of rotatable bonds is 6. The lowest BCUT2D eigenvalue weighted by Gasteiger charge is -2.18. The van der Waals surface area contributed by atoms with Crippen LogP contribution in [0, 0.1) is 5.82 Å². The van der Waals surface area contributed by atoms with Crippen LogP contribution in [-0.4, -0.2) is 21.8 Å². The van der Waals surface area contributed by atoms with Gasteiger partial charge in [-0.25, -0.2) is 14.2 Å². The molecule has 0 spiro atoms. The second kappa shape index (κ2) is 8.20. The van der Waals surface area contributed by atoms with Crippen molar-refractivity contribution in [2.45, 2.75) is 25.0 Å². The normalized spacial score (nSPS) is 12.1. The van der Waals surface area contributed by atoms with Crippen LogP contribution in [0.2, 0.25) is 5.15 Å². The molecule has 3 aromatic rings. The number of pyridine rings is 1. The molecular weight excluding hydrogens is 407 g/mol. The average molecular weight is 423 g/mol. The predicted molar refractivity (Wildman–Crippen MR) is 107 cm³/mol. The molecule has 0 bridgehead atoms. The number of fused-ring (bicyclic) bond motifs is 1. The molecule has 146 valence electrons. The van der Waals surface area contributed by atoms with E-state index < -0.39 is 17.8 Å². The highest BCUT2D eigenvalue weighted by molar-refractivity contribution is 7.99. The number of thioether (sulfide) groups is 1. The first-order valence-corrected chi connectivity index (χ1v) is 9.73. The molecule has 1 atom stereocenters. The number of hydrogen-bond donors (Lipinski definition) is 2. The molecule has 6 nitrogen and oxygen atoms in total. The van der Waals surface area contributed by atoms with Crippen molar-refractivity contribution in [3.63, 3.8) is 0 Å². The molecule has 0 amide bonds. The predicted octanol–water partition coefficient (Wildman–Crippen LogP) is 4.96. The number of carboxylic acid groups (broad SMARTS) is 1. The summed E-state index contributed by atoms with van der Waals surface area (Å²) in [4.78, 5) is 27.6. The number of benzene rings is 1. The Morgan fingerprint density at radius 2 is 2.14 bits per heavy atom. The van der Waals surface area contributed by atoms with E-state index >= 15 is 0 Å². The third-order valence-corrected chi connectivity index (χ3v) is 4.97. The first-order valence-electron chi connectivity index (χ1n) is 8.36. The zero-order chi connectivity index (χ0) is 20.4. The summed E-state index contributed by atoms with van der Waals surface area (Å²) in [5.41, 5.74) is 0.247. The molecule has 0 aliphatic carbocycles. The first-order chi connectivity index (χ1) is 13.3. The molecule has 3 rings (SSSR count). The third kappa shape index (κ3) is 4.13. The van der Waals surface area contributed by atoms with Gasteiger partial charge in [-0.15, -0.1) is 0 Å². The van der Waals surface area contributed by atoms with Crippen LogP contribution in [0.4, 0.5) is 10.1 Å². The number of aromatic carboxylic acids is 1. The molecule has 1 aromatic carbocycles. The lowest BCUT2D eigenvalue weighted by Crippen LogP contribution is -2.13. The van der Waals surface area contributed by atoms with Gasteiger partial charge < -0.3 is 14.8 Å². The van der Waals surface area contributed by atoms with E-state index in [1.54, 1.807) is 6.92 Å². The maximum Gasteiger partial charge on any atom is 0.356 e. The Hall–Kier alpha value is -2.58. The third-order valence-electron chi connectivity index (χ3n) is 3.99. The quantitative estimate of drug-likeness (QED) is 0.428. The van der Waals surface area contributed by atoms with E-state index in [9.17, 15) is 19.1 Å². The molecule has 0 radical (unpaired) electrons. The Morgan fingerprint density at radius 3 is 2.82 bits per heavy atom. The van der Waals surface area contributed by atoms with E-state index in [-0.39, 0.29) is 32.9 Å². The lowest BCUT2D eigenvalue weighted by molar-refractivity contribution is 0.0691. The fourth-order valence-electron chi connectivity index (χ4n) is 2.79. The van der Waals surface area contributed by atoms with Crippen molar-refractivity contribution in [2.75, 3.05) is 11.1 Å². The van der Waals surface area contributed by atoms with Crippen LogP contribution in [0.5, 0.6) is 0 Å². The second-order valence-corrected chi connectivity index (χ2v) is 7.59. The molecule has 0 fully saturated rings. The van der Waals surface area contributed by atoms with E-state index in [2.05, 4.69) is 10.3 Å². The molecule has 0 aliphatic heterocycles. The van der Waals surface area contributed by atoms with E-state index in [0.29, 0.717) is 16.4 Å². The minimum Gasteiger partial charge on any atom is -0.476 e. The Bertz CT molecular complexity index is 1120. The Morgan fingerprint density at radius 1 is 1.39 bits per heavy atom. The topological polar surface area (TPSA) is 92.4 Å². The van der Waals surface area contributed by atoms with Crippen LogP contribution >= 0.6 is 23.4 Å². The monoisotopic (exact) mass is 422 g/mol. The van der Waals surface area contributed by atoms with Crippen LogP contribution in [0.3, 0.4) is 0 Å². The average Bonchev–Trinajstić information content (AvgIpc) is 2.63. The number of hydrogen-bond acceptors (Lipinski definition) is 6. The summed E-state index contributed by atoms with van der Waals surface area (Å²) in [6, 6.07) is 6.07. The van der Waals surface area contributed by atoms with Crippen molar-refractivity contribution in [3.8, 4) is 0 Å². The van der Waals surface area contributed by atoms with Gasteiger partial charge in [0.1, 0.15) is 16.6 Å². The number of halogens is 2. The van der Waals surface area contributed by atoms with Crippen LogP contribution < -0.4 is 10.7 Å². The molecule has 2 N–H and O–H groups in total. The van der Waals surface area contributed by atoms with Gasteiger partial charge in [0, 0.05) is 11.6 Å². The first kappa shape index (κ1) is 20.2. The van der Waals surface area contributed by atoms with Gasteiger partial charge in [-0.1, -0.05) is 30.3 Å². The zero-order valence-electron chi connectivity index (χ0n) is 15.0. The van der Waals surface area contributed by atoms with Crippen molar-refractivity contribution in [3.05, 3.63) is 62.8 Å². The minimum absolute atomic E-state index is 0.0408. The summed E-state index contributed by atoms with van der Waals surface area (Å²) in [7, 11) is 0. The number of nitrogens with one attached hydrogen (secondary N) is 1. The molecule has 28 heavy (non-hydrogen) atoms. The number of anilines is 1. The molecule has 9 heteroatoms. The summed E-state index contributed by atoms with van der Waals surface area (Å²) in [6.45, 7) is 3.62. The SMILES string of the molecule is CCSc1cc(=O)c2cc(F)cc(C(C)Nc3ccc(Cl)nc3C(=O)O)c2o1. The van der Waals surface area contributed by atoms with Crippen LogP contribution in [0.1, 0.15) is 35.9 Å². The molecule has 2 heterocycles. The highest BCUT2D eigenvalue weighted by atomic mass is 35.5. The smallest absolute Gasteiger partial charge is 0.356 e. The maximum absolute atomic E-state index is 14.1. The zero-order valence-corrected chi connectivity index (χ0v) is 16.5. The highest BCUT2D eigenvalue weighted by Gasteiger charge is 2.20. The van der Waals surface area contributed by atoms with Gasteiger partial charge in [-0.05, 0) is 36.9 Å². The maximum atomic E-state index is 14.1. The van der Waals surface area contributed by atoms with Crippen LogP contribution in [0.15, 0.2) is 44.6 Å². The van der Waals surface area contributed by atoms with Gasteiger partial charge in [-0.2, -0.15) is 0 Å². The van der Waals surface area contributed by atoms with Gasteiger partial charge in [0.15, 0.2) is 16.2 Å². The second-order valence-electron chi connectivity index (χ2n) is 5.94. The van der Waals surface area contributed by atoms with Crippen molar-refractivity contribution in [1.29, 1.82) is 0 Å². The van der Waals surface area contributed by atoms with Gasteiger partial charge in [0.25, 0.3) is 0 Å². The lowest BCUT2D eigenvalue weighted by atomic mass is 10.0. The molecule has 0 aliphatic rings. The molecule has 0 saturated carbocycles. The fraction of sp³-hybridized carbons (Fsp3) is 0.211. The number of nitrogens with zero attached hydrogens (tertiary/aromatic N) is 1. The summed E-state index contributed by atoms with van der Waals surface area (Å²) in [5.74, 6) is -1.14. The van der Waals surface area contributed by atoms with E-state index in [4.69, 9.17) is 16.0 Å². The largest absolute Gasteiger partial charge is 0.476 e. The standard InChI is InChI=1S/C19H16ClFN2O4S/c1-3-28-16-8-14(24)12-7-10(21)6-11(18(12)27-16)9(2)22-13-4-5-15(20)23-17(13)19(25)26/h4-9,22H,3H2,1-2H3,(H,25,26). The number of carbonyl (C=O) groups is 1. The Kier molecular flexibility index (Phi) is 5.90. The Balaban J connectivity index is 2.10. The summed E-state index contributed by atoms with van der Waals surface area (Å²) in [6.07, 6.45) is 0. The fourth-order valence-corrected chi connectivity index (χ4v) is 3.55. The van der Waals surface area contributed by atoms with E-state index in [1.807, 2.05) is 6.92 Å². The Labute approximate surface area is 168 Å². The van der Waals surface area contributed by atoms with E-state index in [0.717, 1.165) is 6.07 Å². The van der Waals surface area contributed by atoms with Crippen molar-refractivity contribution in [2.24, 2.45) is 0 Å². The van der Waals surface area contributed by atoms with Crippen molar-refractivity contribution >= 4 is 46.0 Å². The van der Waals surface area contributed by atoms with Crippen LogP contribution in [-0.2, 0) is 0 Å². The van der Waals surface area contributed by atoms with Crippen LogP contribution in [0.25, 0.3) is 11.0 Å². The highest BCUT2D eigenvalue weighted by Crippen LogP contribution is 2.30. The van der Waals surface area contributed by atoms with Gasteiger partial charge in [0.2, 0.25) is 0 Å². The minimum atomic E-state index is -1.26. The van der Waals surface area contributed by atoms with E-state index in [1.165, 1.54) is 36.0 Å². The summed E-state index contributed by atoms with van der Waals surface area (Å²) >= 11 is 7.13. The molecule has 0 saturated heterocycles. The number of aromatic nitrogens is 1. The molecule has 2 aromatic heterocycles. The van der Waals surface area contributed by atoms with Gasteiger partial charge in [0.05, 0.1) is 17.1 Å².